The second-order valence-electron chi connectivity index (χ2n) is 4.93. The van der Waals surface area contributed by atoms with E-state index < -0.39 is 0 Å². The van der Waals surface area contributed by atoms with E-state index >= 15 is 0 Å². The Hall–Kier alpha value is -1.58. The lowest BCUT2D eigenvalue weighted by Crippen LogP contribution is -2.30. The molecule has 1 aromatic rings. The molecule has 0 radical (unpaired) electrons. The zero-order chi connectivity index (χ0) is 14.8. The summed E-state index contributed by atoms with van der Waals surface area (Å²) in [6.45, 7) is 2.17. The lowest BCUT2D eigenvalue weighted by atomic mass is 10.1. The summed E-state index contributed by atoms with van der Waals surface area (Å²) in [6, 6.07) is 5.63. The molecular weight excluding hydrogens is 257 g/mol. The number of hydrogen-bond acceptors (Lipinski definition) is 3. The number of halogens is 1. The molecule has 0 heterocycles. The van der Waals surface area contributed by atoms with Crippen LogP contribution < -0.4 is 5.32 Å². The van der Waals surface area contributed by atoms with Crippen molar-refractivity contribution in [2.75, 3.05) is 12.4 Å². The van der Waals surface area contributed by atoms with Crippen LogP contribution in [0, 0.1) is 5.82 Å². The first kappa shape index (κ1) is 16.5. The first-order valence-corrected chi connectivity index (χ1v) is 7.27. The van der Waals surface area contributed by atoms with Crippen LogP contribution in [0.1, 0.15) is 45.4 Å². The molecule has 0 saturated heterocycles. The van der Waals surface area contributed by atoms with E-state index in [1.165, 1.54) is 38.5 Å². The average molecular weight is 281 g/mol. The van der Waals surface area contributed by atoms with Gasteiger partial charge in [0.2, 0.25) is 0 Å². The Kier molecular flexibility index (Phi) is 7.70. The molecule has 3 nitrogen and oxygen atoms in total. The summed E-state index contributed by atoms with van der Waals surface area (Å²) < 4.78 is 17.7. The summed E-state index contributed by atoms with van der Waals surface area (Å²) in [5.74, 6) is -0.561. The highest BCUT2D eigenvalue weighted by Gasteiger charge is 2.18. The molecule has 0 fully saturated rings. The lowest BCUT2D eigenvalue weighted by Gasteiger charge is -2.17. The maximum absolute atomic E-state index is 12.9. The van der Waals surface area contributed by atoms with Crippen LogP contribution in [0.4, 0.5) is 10.1 Å². The molecule has 1 rings (SSSR count). The van der Waals surface area contributed by atoms with Crippen LogP contribution in [0.3, 0.4) is 0 Å². The molecule has 0 amide bonds. The third-order valence-corrected chi connectivity index (χ3v) is 3.27. The van der Waals surface area contributed by atoms with Gasteiger partial charge in [0.05, 0.1) is 7.11 Å². The van der Waals surface area contributed by atoms with E-state index in [1.807, 2.05) is 0 Å². The Morgan fingerprint density at radius 2 is 1.85 bits per heavy atom. The molecule has 1 unspecified atom stereocenters. The Bertz CT molecular complexity index is 392. The highest BCUT2D eigenvalue weighted by atomic mass is 19.1. The maximum Gasteiger partial charge on any atom is 0.328 e. The number of carbonyl (C=O) groups excluding carboxylic acids is 1. The van der Waals surface area contributed by atoms with Crippen molar-refractivity contribution in [3.05, 3.63) is 30.1 Å². The van der Waals surface area contributed by atoms with E-state index in [0.717, 1.165) is 24.9 Å². The van der Waals surface area contributed by atoms with Crippen LogP contribution in [0.2, 0.25) is 0 Å². The van der Waals surface area contributed by atoms with E-state index in [2.05, 4.69) is 12.2 Å². The third-order valence-electron chi connectivity index (χ3n) is 3.27. The fourth-order valence-corrected chi connectivity index (χ4v) is 2.09. The van der Waals surface area contributed by atoms with Crippen LogP contribution in [0.25, 0.3) is 0 Å². The van der Waals surface area contributed by atoms with E-state index in [9.17, 15) is 9.18 Å². The summed E-state index contributed by atoms with van der Waals surface area (Å²) in [4.78, 5) is 11.7. The first-order chi connectivity index (χ1) is 9.67. The van der Waals surface area contributed by atoms with Crippen LogP contribution in [0.15, 0.2) is 24.3 Å². The van der Waals surface area contributed by atoms with Gasteiger partial charge in [0.15, 0.2) is 0 Å². The fourth-order valence-electron chi connectivity index (χ4n) is 2.09. The van der Waals surface area contributed by atoms with E-state index in [0.29, 0.717) is 0 Å². The average Bonchev–Trinajstić information content (AvgIpc) is 2.47. The summed E-state index contributed by atoms with van der Waals surface area (Å²) in [5, 5.41) is 3.11. The molecule has 0 aliphatic carbocycles. The number of anilines is 1. The van der Waals surface area contributed by atoms with Gasteiger partial charge in [-0.15, -0.1) is 0 Å². The van der Waals surface area contributed by atoms with Crippen LogP contribution in [-0.2, 0) is 9.53 Å². The highest BCUT2D eigenvalue weighted by Crippen LogP contribution is 2.14. The molecule has 0 aliphatic rings. The number of rotatable bonds is 9. The van der Waals surface area contributed by atoms with Crippen molar-refractivity contribution in [2.24, 2.45) is 0 Å². The predicted molar refractivity (Wildman–Crippen MR) is 79.2 cm³/mol. The number of methoxy groups -OCH3 is 1. The quantitative estimate of drug-likeness (QED) is 0.546. The van der Waals surface area contributed by atoms with E-state index in [4.69, 9.17) is 4.74 Å². The maximum atomic E-state index is 12.9. The summed E-state index contributed by atoms with van der Waals surface area (Å²) in [5.41, 5.74) is 0.732. The van der Waals surface area contributed by atoms with Gasteiger partial charge < -0.3 is 10.1 Å². The molecule has 1 aromatic carbocycles. The summed E-state index contributed by atoms with van der Waals surface area (Å²) in [7, 11) is 1.39. The van der Waals surface area contributed by atoms with Gasteiger partial charge in [-0.3, -0.25) is 0 Å². The monoisotopic (exact) mass is 281 g/mol. The van der Waals surface area contributed by atoms with Gasteiger partial charge in [-0.25, -0.2) is 9.18 Å². The van der Waals surface area contributed by atoms with Gasteiger partial charge in [0, 0.05) is 5.69 Å². The van der Waals surface area contributed by atoms with Crippen molar-refractivity contribution in [3.63, 3.8) is 0 Å². The Labute approximate surface area is 120 Å². The minimum atomic E-state index is -0.368. The van der Waals surface area contributed by atoms with Crippen molar-refractivity contribution in [1.82, 2.24) is 0 Å². The van der Waals surface area contributed by atoms with Gasteiger partial charge >= 0.3 is 5.97 Å². The zero-order valence-electron chi connectivity index (χ0n) is 12.3. The largest absolute Gasteiger partial charge is 0.467 e. The van der Waals surface area contributed by atoms with Crippen LogP contribution >= 0.6 is 0 Å². The van der Waals surface area contributed by atoms with Crippen LogP contribution in [-0.4, -0.2) is 19.1 Å². The first-order valence-electron chi connectivity index (χ1n) is 7.27. The Balaban J connectivity index is 2.47. The molecule has 1 atom stereocenters. The minimum absolute atomic E-state index is 0.273. The van der Waals surface area contributed by atoms with E-state index in [1.54, 1.807) is 12.1 Å². The Morgan fingerprint density at radius 1 is 1.20 bits per heavy atom. The molecular formula is C16H24FNO2. The SMILES string of the molecule is CCCCCCCC(Nc1ccc(F)cc1)C(=O)OC. The minimum Gasteiger partial charge on any atom is -0.467 e. The molecule has 112 valence electrons. The number of unbranched alkanes of at least 4 members (excludes halogenated alkanes) is 4. The van der Waals surface area contributed by atoms with Crippen molar-refractivity contribution >= 4 is 11.7 Å². The molecule has 4 heteroatoms. The van der Waals surface area contributed by atoms with Crippen LogP contribution in [0.5, 0.6) is 0 Å². The second-order valence-corrected chi connectivity index (χ2v) is 4.93. The number of esters is 1. The van der Waals surface area contributed by atoms with Gasteiger partial charge in [-0.05, 0) is 30.7 Å². The molecule has 1 N–H and O–H groups in total. The van der Waals surface area contributed by atoms with E-state index in [-0.39, 0.29) is 17.8 Å². The molecule has 0 spiro atoms. The molecule has 20 heavy (non-hydrogen) atoms. The second kappa shape index (κ2) is 9.34. The van der Waals surface area contributed by atoms with Gasteiger partial charge in [0.25, 0.3) is 0 Å². The number of nitrogens with one attached hydrogen (secondary N) is 1. The lowest BCUT2D eigenvalue weighted by molar-refractivity contribution is -0.141. The third kappa shape index (κ3) is 6.04. The van der Waals surface area contributed by atoms with Crippen molar-refractivity contribution in [1.29, 1.82) is 0 Å². The topological polar surface area (TPSA) is 38.3 Å². The van der Waals surface area contributed by atoms with Gasteiger partial charge in [0.1, 0.15) is 11.9 Å². The number of benzene rings is 1. The standard InChI is InChI=1S/C16H24FNO2/c1-3-4-5-6-7-8-15(16(19)20-2)18-14-11-9-13(17)10-12-14/h9-12,15,18H,3-8H2,1-2H3. The van der Waals surface area contributed by atoms with Crippen molar-refractivity contribution in [3.8, 4) is 0 Å². The zero-order valence-corrected chi connectivity index (χ0v) is 12.3. The smallest absolute Gasteiger partial charge is 0.328 e. The summed E-state index contributed by atoms with van der Waals surface area (Å²) in [6.07, 6.45) is 6.46. The molecule has 0 saturated carbocycles. The molecule has 0 aromatic heterocycles. The number of carbonyl (C=O) groups is 1. The molecule has 0 bridgehead atoms. The number of hydrogen-bond donors (Lipinski definition) is 1. The van der Waals surface area contributed by atoms with Crippen molar-refractivity contribution in [2.45, 2.75) is 51.5 Å². The van der Waals surface area contributed by atoms with Gasteiger partial charge in [-0.2, -0.15) is 0 Å². The van der Waals surface area contributed by atoms with Gasteiger partial charge in [-0.1, -0.05) is 39.0 Å². The highest BCUT2D eigenvalue weighted by molar-refractivity contribution is 5.79. The summed E-state index contributed by atoms with van der Waals surface area (Å²) >= 11 is 0. The predicted octanol–water partition coefficient (Wildman–Crippen LogP) is 4.14. The van der Waals surface area contributed by atoms with Crippen molar-refractivity contribution < 1.29 is 13.9 Å². The normalized spacial score (nSPS) is 11.9. The fraction of sp³-hybridized carbons (Fsp3) is 0.562. The number of ether oxygens (including phenoxy) is 1. The molecule has 0 aliphatic heterocycles. The Morgan fingerprint density at radius 3 is 2.45 bits per heavy atom.